The number of hydrogen-bond acceptors (Lipinski definition) is 4. The summed E-state index contributed by atoms with van der Waals surface area (Å²) in [5, 5.41) is 11.6. The summed E-state index contributed by atoms with van der Waals surface area (Å²) in [7, 11) is -3.83. The average Bonchev–Trinajstić information content (AvgIpc) is 2.55. The Morgan fingerprint density at radius 2 is 1.83 bits per heavy atom. The molecule has 1 atom stereocenters. The van der Waals surface area contributed by atoms with E-state index in [9.17, 15) is 18.3 Å². The second-order valence-electron chi connectivity index (χ2n) is 5.61. The summed E-state index contributed by atoms with van der Waals surface area (Å²) in [6.07, 6.45) is 0.149. The number of rotatable bonds is 4. The number of sulfonamides is 1. The fourth-order valence-electron chi connectivity index (χ4n) is 3.03. The van der Waals surface area contributed by atoms with Crippen molar-refractivity contribution in [1.82, 2.24) is 4.31 Å². The van der Waals surface area contributed by atoms with Crippen LogP contribution in [0.25, 0.3) is 0 Å². The molecule has 2 aromatic rings. The lowest BCUT2D eigenvalue weighted by atomic mass is 9.92. The van der Waals surface area contributed by atoms with Crippen LogP contribution in [0.4, 0.5) is 0 Å². The molecule has 126 valence electrons. The summed E-state index contributed by atoms with van der Waals surface area (Å²) in [6, 6.07) is 12.4. The Kier molecular flexibility index (Phi) is 4.62. The maximum Gasteiger partial charge on any atom is 0.243 e. The molecule has 1 aliphatic heterocycles. The van der Waals surface area contributed by atoms with Crippen molar-refractivity contribution in [2.75, 3.05) is 6.54 Å². The molecule has 24 heavy (non-hydrogen) atoms. The zero-order valence-corrected chi connectivity index (χ0v) is 14.3. The van der Waals surface area contributed by atoms with E-state index < -0.39 is 22.0 Å². The van der Waals surface area contributed by atoms with Gasteiger partial charge in [-0.25, -0.2) is 8.42 Å². The van der Waals surface area contributed by atoms with E-state index >= 15 is 0 Å². The van der Waals surface area contributed by atoms with Crippen LogP contribution in [0, 0.1) is 0 Å². The van der Waals surface area contributed by atoms with Gasteiger partial charge in [-0.1, -0.05) is 35.9 Å². The second kappa shape index (κ2) is 6.55. The van der Waals surface area contributed by atoms with E-state index in [1.165, 1.54) is 28.6 Å². The molecule has 1 heterocycles. The first kappa shape index (κ1) is 17.0. The Bertz CT molecular complexity index is 864. The van der Waals surface area contributed by atoms with Gasteiger partial charge in [0.1, 0.15) is 0 Å². The Hall–Kier alpha value is -1.89. The molecule has 2 aromatic carbocycles. The van der Waals surface area contributed by atoms with Gasteiger partial charge >= 0.3 is 0 Å². The van der Waals surface area contributed by atoms with Gasteiger partial charge < -0.3 is 9.90 Å². The van der Waals surface area contributed by atoms with Crippen LogP contribution in [0.1, 0.15) is 23.6 Å². The van der Waals surface area contributed by atoms with E-state index in [1.807, 2.05) is 12.1 Å². The van der Waals surface area contributed by atoms with Gasteiger partial charge in [-0.3, -0.25) is 0 Å². The summed E-state index contributed by atoms with van der Waals surface area (Å²) in [6.45, 7) is 0.222. The molecule has 0 aromatic heterocycles. The van der Waals surface area contributed by atoms with Crippen LogP contribution in [0.15, 0.2) is 53.4 Å². The van der Waals surface area contributed by atoms with Gasteiger partial charge in [0, 0.05) is 24.0 Å². The quantitative estimate of drug-likeness (QED) is 0.828. The molecule has 5 nitrogen and oxygen atoms in total. The number of nitrogens with zero attached hydrogens (tertiary/aromatic N) is 1. The normalized spacial score (nSPS) is 18.1. The van der Waals surface area contributed by atoms with Crippen molar-refractivity contribution in [3.8, 4) is 0 Å². The predicted octanol–water partition coefficient (Wildman–Crippen LogP) is 1.77. The van der Waals surface area contributed by atoms with Crippen molar-refractivity contribution >= 4 is 27.6 Å². The molecule has 0 N–H and O–H groups in total. The van der Waals surface area contributed by atoms with Crippen LogP contribution in [-0.2, 0) is 21.2 Å². The Balaban J connectivity index is 2.05. The largest absolute Gasteiger partial charge is 0.550 e. The molecule has 0 radical (unpaired) electrons. The van der Waals surface area contributed by atoms with Crippen molar-refractivity contribution in [3.63, 3.8) is 0 Å². The lowest BCUT2D eigenvalue weighted by Crippen LogP contribution is -2.42. The van der Waals surface area contributed by atoms with Crippen LogP contribution < -0.4 is 5.11 Å². The summed E-state index contributed by atoms with van der Waals surface area (Å²) in [5.41, 5.74) is 1.68. The number of carboxylic acids is 1. The Morgan fingerprint density at radius 1 is 1.17 bits per heavy atom. The molecule has 1 aliphatic rings. The average molecular weight is 365 g/mol. The number of carboxylic acid groups (broad SMARTS) is 1. The molecule has 0 aliphatic carbocycles. The maximum atomic E-state index is 13.0. The first-order valence-corrected chi connectivity index (χ1v) is 9.26. The fourth-order valence-corrected chi connectivity index (χ4v) is 4.76. The lowest BCUT2D eigenvalue weighted by Gasteiger charge is -2.36. The Morgan fingerprint density at radius 3 is 2.50 bits per heavy atom. The molecule has 0 saturated heterocycles. The van der Waals surface area contributed by atoms with E-state index in [1.54, 1.807) is 12.1 Å². The minimum absolute atomic E-state index is 0.0922. The first-order valence-electron chi connectivity index (χ1n) is 7.44. The predicted molar refractivity (Wildman–Crippen MR) is 87.9 cm³/mol. The van der Waals surface area contributed by atoms with Crippen molar-refractivity contribution in [1.29, 1.82) is 0 Å². The van der Waals surface area contributed by atoms with Crippen LogP contribution in [0.2, 0.25) is 5.02 Å². The van der Waals surface area contributed by atoms with E-state index in [0.29, 0.717) is 17.0 Å². The molecular formula is C17H15ClNO4S-. The van der Waals surface area contributed by atoms with E-state index in [4.69, 9.17) is 11.6 Å². The zero-order chi connectivity index (χ0) is 17.3. The lowest BCUT2D eigenvalue weighted by molar-refractivity contribution is -0.306. The summed E-state index contributed by atoms with van der Waals surface area (Å²) in [5.74, 6) is -1.28. The third-order valence-electron chi connectivity index (χ3n) is 4.14. The molecule has 1 unspecified atom stereocenters. The molecule has 0 fully saturated rings. The van der Waals surface area contributed by atoms with Crippen molar-refractivity contribution in [3.05, 3.63) is 64.7 Å². The van der Waals surface area contributed by atoms with Gasteiger partial charge in [-0.15, -0.1) is 0 Å². The van der Waals surface area contributed by atoms with Crippen LogP contribution in [-0.4, -0.2) is 25.2 Å². The van der Waals surface area contributed by atoms with Gasteiger partial charge in [0.15, 0.2) is 0 Å². The number of carbonyl (C=O) groups excluding carboxylic acids is 1. The highest BCUT2D eigenvalue weighted by Gasteiger charge is 2.36. The third-order valence-corrected chi connectivity index (χ3v) is 6.32. The van der Waals surface area contributed by atoms with Gasteiger partial charge in [0.05, 0.1) is 10.9 Å². The number of halogens is 1. The van der Waals surface area contributed by atoms with Gasteiger partial charge in [-0.05, 0) is 41.8 Å². The molecular weight excluding hydrogens is 350 g/mol. The molecule has 0 spiro atoms. The molecule has 0 amide bonds. The molecule has 0 bridgehead atoms. The SMILES string of the molecule is O=C([O-])CC1c2ccccc2CCN1S(=O)(=O)c1ccc(Cl)cc1. The minimum atomic E-state index is -3.83. The molecule has 3 rings (SSSR count). The number of benzene rings is 2. The number of carbonyl (C=O) groups is 1. The van der Waals surface area contributed by atoms with Crippen LogP contribution in [0.5, 0.6) is 0 Å². The summed E-state index contributed by atoms with van der Waals surface area (Å²) in [4.78, 5) is 11.3. The Labute approximate surface area is 145 Å². The van der Waals surface area contributed by atoms with Crippen molar-refractivity contribution in [2.24, 2.45) is 0 Å². The smallest absolute Gasteiger partial charge is 0.243 e. The second-order valence-corrected chi connectivity index (χ2v) is 7.94. The highest BCUT2D eigenvalue weighted by Crippen LogP contribution is 2.36. The minimum Gasteiger partial charge on any atom is -0.550 e. The fraction of sp³-hybridized carbons (Fsp3) is 0.235. The monoisotopic (exact) mass is 364 g/mol. The van der Waals surface area contributed by atoms with Gasteiger partial charge in [-0.2, -0.15) is 4.31 Å². The third kappa shape index (κ3) is 3.17. The topological polar surface area (TPSA) is 77.5 Å². The number of hydrogen-bond donors (Lipinski definition) is 0. The first-order chi connectivity index (χ1) is 11.4. The number of aliphatic carboxylic acids is 1. The maximum absolute atomic E-state index is 13.0. The molecule has 7 heteroatoms. The van der Waals surface area contributed by atoms with E-state index in [2.05, 4.69) is 0 Å². The van der Waals surface area contributed by atoms with Crippen molar-refractivity contribution < 1.29 is 18.3 Å². The van der Waals surface area contributed by atoms with Crippen LogP contribution >= 0.6 is 11.6 Å². The zero-order valence-electron chi connectivity index (χ0n) is 12.7. The summed E-state index contributed by atoms with van der Waals surface area (Å²) >= 11 is 5.82. The van der Waals surface area contributed by atoms with Gasteiger partial charge in [0.25, 0.3) is 0 Å². The van der Waals surface area contributed by atoms with Crippen molar-refractivity contribution in [2.45, 2.75) is 23.8 Å². The highest BCUT2D eigenvalue weighted by atomic mass is 35.5. The summed E-state index contributed by atoms with van der Waals surface area (Å²) < 4.78 is 27.2. The number of fused-ring (bicyclic) bond motifs is 1. The standard InChI is InChI=1S/C17H16ClNO4S/c18-13-5-7-14(8-6-13)24(22,23)19-10-9-12-3-1-2-4-15(12)16(19)11-17(20)21/h1-8,16H,9-11H2,(H,20,21)/p-1. The van der Waals surface area contributed by atoms with Gasteiger partial charge in [0.2, 0.25) is 10.0 Å². The molecule has 0 saturated carbocycles. The van der Waals surface area contributed by atoms with Crippen LogP contribution in [0.3, 0.4) is 0 Å². The highest BCUT2D eigenvalue weighted by molar-refractivity contribution is 7.89. The van der Waals surface area contributed by atoms with E-state index in [0.717, 1.165) is 5.56 Å². The van der Waals surface area contributed by atoms with E-state index in [-0.39, 0.29) is 17.9 Å².